The minimum atomic E-state index is 0.765. The third-order valence-corrected chi connectivity index (χ3v) is 4.32. The number of rotatable bonds is 3. The molecule has 4 rings (SSSR count). The van der Waals surface area contributed by atoms with E-state index in [4.69, 9.17) is 4.74 Å². The van der Waals surface area contributed by atoms with Gasteiger partial charge in [0.05, 0.1) is 23.8 Å². The predicted molar refractivity (Wildman–Crippen MR) is 95.1 cm³/mol. The number of methoxy groups -OCH3 is 1. The number of aromatic amines is 2. The highest BCUT2D eigenvalue weighted by molar-refractivity contribution is 5.80. The van der Waals surface area contributed by atoms with Crippen molar-refractivity contribution in [3.05, 3.63) is 53.6 Å². The molecular weight excluding hydrogens is 300 g/mol. The minimum absolute atomic E-state index is 0.765. The number of benzene rings is 2. The number of aromatic nitrogens is 4. The maximum absolute atomic E-state index is 5.25. The smallest absolute Gasteiger partial charge is 0.156 e. The molecule has 2 heterocycles. The highest BCUT2D eigenvalue weighted by Crippen LogP contribution is 2.26. The summed E-state index contributed by atoms with van der Waals surface area (Å²) < 4.78 is 5.25. The zero-order valence-electron chi connectivity index (χ0n) is 13.8. The van der Waals surface area contributed by atoms with Gasteiger partial charge in [-0.3, -0.25) is 5.10 Å². The van der Waals surface area contributed by atoms with Gasteiger partial charge in [-0.25, -0.2) is 4.98 Å². The van der Waals surface area contributed by atoms with E-state index in [0.29, 0.717) is 0 Å². The number of ether oxygens (including phenoxy) is 1. The number of imidazole rings is 1. The summed E-state index contributed by atoms with van der Waals surface area (Å²) >= 11 is 0. The first kappa shape index (κ1) is 14.5. The van der Waals surface area contributed by atoms with Crippen LogP contribution in [0.3, 0.4) is 0 Å². The molecule has 0 fully saturated rings. The fraction of sp³-hybridized carbons (Fsp3) is 0.158. The van der Waals surface area contributed by atoms with E-state index in [1.54, 1.807) is 7.11 Å². The van der Waals surface area contributed by atoms with Gasteiger partial charge in [0.2, 0.25) is 0 Å². The summed E-state index contributed by atoms with van der Waals surface area (Å²) in [5.41, 5.74) is 7.23. The summed E-state index contributed by atoms with van der Waals surface area (Å²) in [4.78, 5) is 7.92. The Morgan fingerprint density at radius 3 is 2.62 bits per heavy atom. The van der Waals surface area contributed by atoms with E-state index in [1.165, 1.54) is 11.1 Å². The van der Waals surface area contributed by atoms with Crippen molar-refractivity contribution in [3.63, 3.8) is 0 Å². The summed E-state index contributed by atoms with van der Waals surface area (Å²) in [6.45, 7) is 4.22. The van der Waals surface area contributed by atoms with Crippen LogP contribution < -0.4 is 4.74 Å². The molecule has 24 heavy (non-hydrogen) atoms. The zero-order chi connectivity index (χ0) is 16.7. The van der Waals surface area contributed by atoms with Gasteiger partial charge < -0.3 is 9.72 Å². The van der Waals surface area contributed by atoms with Crippen LogP contribution in [0.2, 0.25) is 0 Å². The van der Waals surface area contributed by atoms with Crippen molar-refractivity contribution >= 4 is 11.0 Å². The van der Waals surface area contributed by atoms with Crippen LogP contribution in [0.1, 0.15) is 11.1 Å². The van der Waals surface area contributed by atoms with Crippen LogP contribution in [0, 0.1) is 13.8 Å². The molecule has 120 valence electrons. The molecule has 0 unspecified atom stereocenters. The van der Waals surface area contributed by atoms with E-state index in [2.05, 4.69) is 52.2 Å². The van der Waals surface area contributed by atoms with Crippen LogP contribution in [0.15, 0.2) is 42.5 Å². The summed E-state index contributed by atoms with van der Waals surface area (Å²) in [5.74, 6) is 1.57. The monoisotopic (exact) mass is 318 g/mol. The number of aryl methyl sites for hydroxylation is 2. The number of nitrogens with zero attached hydrogens (tertiary/aromatic N) is 2. The highest BCUT2D eigenvalue weighted by Gasteiger charge is 2.11. The Kier molecular flexibility index (Phi) is 3.34. The van der Waals surface area contributed by atoms with Crippen molar-refractivity contribution in [2.24, 2.45) is 0 Å². The van der Waals surface area contributed by atoms with Gasteiger partial charge in [0.15, 0.2) is 5.82 Å². The molecule has 0 spiro atoms. The molecular formula is C19H18N4O. The van der Waals surface area contributed by atoms with Gasteiger partial charge in [-0.05, 0) is 49.2 Å². The molecule has 0 saturated carbocycles. The van der Waals surface area contributed by atoms with Crippen molar-refractivity contribution in [3.8, 4) is 28.5 Å². The summed E-state index contributed by atoms with van der Waals surface area (Å²) in [6, 6.07) is 14.2. The predicted octanol–water partition coefficient (Wildman–Crippen LogP) is 4.25. The molecule has 0 aliphatic heterocycles. The lowest BCUT2D eigenvalue weighted by Crippen LogP contribution is -1.83. The van der Waals surface area contributed by atoms with Crippen LogP contribution in [-0.4, -0.2) is 27.3 Å². The van der Waals surface area contributed by atoms with Crippen molar-refractivity contribution in [1.82, 2.24) is 20.2 Å². The Bertz CT molecular complexity index is 1030. The average Bonchev–Trinajstić information content (AvgIpc) is 3.22. The standard InChI is InChI=1S/C19H18N4O/c1-11-4-5-13(8-12(11)2)16-10-18(23-22-16)19-20-15-7-6-14(24-3)9-17(15)21-19/h4-10H,1-3H3,(H,20,21)(H,22,23). The molecule has 0 amide bonds. The van der Waals surface area contributed by atoms with Gasteiger partial charge in [0, 0.05) is 11.6 Å². The van der Waals surface area contributed by atoms with Gasteiger partial charge in [0.1, 0.15) is 11.4 Å². The van der Waals surface area contributed by atoms with E-state index in [1.807, 2.05) is 24.3 Å². The molecule has 5 heteroatoms. The molecule has 0 aliphatic carbocycles. The second-order valence-corrected chi connectivity index (χ2v) is 5.93. The van der Waals surface area contributed by atoms with E-state index in [9.17, 15) is 0 Å². The quantitative estimate of drug-likeness (QED) is 0.593. The topological polar surface area (TPSA) is 66.6 Å². The normalized spacial score (nSPS) is 11.1. The van der Waals surface area contributed by atoms with E-state index >= 15 is 0 Å². The number of H-pyrrole nitrogens is 2. The highest BCUT2D eigenvalue weighted by atomic mass is 16.5. The van der Waals surface area contributed by atoms with Gasteiger partial charge in [-0.1, -0.05) is 12.1 Å². The first-order valence-corrected chi connectivity index (χ1v) is 7.81. The maximum atomic E-state index is 5.25. The Balaban J connectivity index is 1.72. The van der Waals surface area contributed by atoms with Crippen molar-refractivity contribution in [2.75, 3.05) is 7.11 Å². The Morgan fingerprint density at radius 2 is 1.83 bits per heavy atom. The van der Waals surface area contributed by atoms with Gasteiger partial charge in [0.25, 0.3) is 0 Å². The number of fused-ring (bicyclic) bond motifs is 1. The summed E-state index contributed by atoms with van der Waals surface area (Å²) in [7, 11) is 1.66. The number of hydrogen-bond acceptors (Lipinski definition) is 3. The third kappa shape index (κ3) is 2.44. The molecule has 2 N–H and O–H groups in total. The average molecular weight is 318 g/mol. The SMILES string of the molecule is COc1ccc2nc(-c3cc(-c4ccc(C)c(C)c4)n[nH]3)[nH]c2c1. The third-order valence-electron chi connectivity index (χ3n) is 4.32. The molecule has 0 bridgehead atoms. The largest absolute Gasteiger partial charge is 0.497 e. The lowest BCUT2D eigenvalue weighted by atomic mass is 10.0. The Hall–Kier alpha value is -3.08. The minimum Gasteiger partial charge on any atom is -0.497 e. The second-order valence-electron chi connectivity index (χ2n) is 5.93. The first-order chi connectivity index (χ1) is 11.6. The molecule has 0 atom stereocenters. The van der Waals surface area contributed by atoms with Crippen molar-refractivity contribution in [2.45, 2.75) is 13.8 Å². The molecule has 5 nitrogen and oxygen atoms in total. The molecule has 2 aromatic heterocycles. The fourth-order valence-corrected chi connectivity index (χ4v) is 2.73. The number of nitrogens with one attached hydrogen (secondary N) is 2. The van der Waals surface area contributed by atoms with Gasteiger partial charge >= 0.3 is 0 Å². The van der Waals surface area contributed by atoms with Crippen molar-refractivity contribution < 1.29 is 4.74 Å². The fourth-order valence-electron chi connectivity index (χ4n) is 2.73. The lowest BCUT2D eigenvalue weighted by molar-refractivity contribution is 0.415. The Morgan fingerprint density at radius 1 is 0.958 bits per heavy atom. The summed E-state index contributed by atoms with van der Waals surface area (Å²) in [6.07, 6.45) is 0. The molecule has 0 saturated heterocycles. The van der Waals surface area contributed by atoms with Crippen molar-refractivity contribution in [1.29, 1.82) is 0 Å². The van der Waals surface area contributed by atoms with Gasteiger partial charge in [-0.15, -0.1) is 0 Å². The van der Waals surface area contributed by atoms with Crippen LogP contribution in [0.4, 0.5) is 0 Å². The van der Waals surface area contributed by atoms with E-state index in [-0.39, 0.29) is 0 Å². The van der Waals surface area contributed by atoms with Crippen LogP contribution in [0.5, 0.6) is 5.75 Å². The van der Waals surface area contributed by atoms with Crippen LogP contribution in [0.25, 0.3) is 33.8 Å². The Labute approximate surface area is 139 Å². The zero-order valence-corrected chi connectivity index (χ0v) is 13.8. The number of hydrogen-bond donors (Lipinski definition) is 2. The maximum Gasteiger partial charge on any atom is 0.156 e. The lowest BCUT2D eigenvalue weighted by Gasteiger charge is -2.01. The van der Waals surface area contributed by atoms with Crippen LogP contribution in [-0.2, 0) is 0 Å². The molecule has 0 radical (unpaired) electrons. The van der Waals surface area contributed by atoms with E-state index in [0.717, 1.165) is 39.6 Å². The molecule has 4 aromatic rings. The summed E-state index contributed by atoms with van der Waals surface area (Å²) in [5, 5.41) is 7.50. The van der Waals surface area contributed by atoms with Gasteiger partial charge in [-0.2, -0.15) is 5.10 Å². The first-order valence-electron chi connectivity index (χ1n) is 7.81. The second kappa shape index (κ2) is 5.53. The van der Waals surface area contributed by atoms with E-state index < -0.39 is 0 Å². The van der Waals surface area contributed by atoms with Crippen LogP contribution >= 0.6 is 0 Å². The molecule has 0 aliphatic rings. The molecule has 2 aromatic carbocycles.